The number of carbonyl (C=O) groups is 4. The van der Waals surface area contributed by atoms with Crippen LogP contribution in [0.3, 0.4) is 0 Å². The number of anilines is 6. The van der Waals surface area contributed by atoms with Gasteiger partial charge in [-0.15, -0.1) is 0 Å². The molecule has 2 aliphatic carbocycles. The van der Waals surface area contributed by atoms with Crippen LogP contribution in [0, 0.1) is 0 Å². The molecule has 4 aliphatic heterocycles. The Morgan fingerprint density at radius 2 is 1.00 bits per heavy atom. The molecular weight excluding hydrogens is 1090 g/mol. The first-order valence-corrected chi connectivity index (χ1v) is 29.8. The molecule has 0 spiro atoms. The number of benzene rings is 2. The fourth-order valence-electron chi connectivity index (χ4n) is 12.2. The monoisotopic (exact) mass is 1170 g/mol. The van der Waals surface area contributed by atoms with E-state index < -0.39 is 24.5 Å². The lowest BCUT2D eigenvalue weighted by atomic mass is 9.97. The van der Waals surface area contributed by atoms with Crippen molar-refractivity contribution in [1.82, 2.24) is 60.3 Å². The predicted molar refractivity (Wildman–Crippen MR) is 315 cm³/mol. The second kappa shape index (κ2) is 25.6. The summed E-state index contributed by atoms with van der Waals surface area (Å²) in [7, 11) is 0. The summed E-state index contributed by atoms with van der Waals surface area (Å²) in [6.07, 6.45) is 17.3. The SMILES string of the molecule is C[C@@H]1[C@H](NC(=O)c2ccc(C3CC3)cc2)CCCN1c1cnc(C(N)=O)c(Nc2cnn(C3CCN(CC(F)(F)F)CC3)c2)n1.C[C@@H]1[C@H](NC(=O)c2ccc(C3CC3)cc2)CCCN1c1cnc(C(N)=O)c(Nc2cnn(C3CCNCC3)c2)n1. The zero-order valence-corrected chi connectivity index (χ0v) is 48.0. The summed E-state index contributed by atoms with van der Waals surface area (Å²) in [5.74, 6) is 1.34. The lowest BCUT2D eigenvalue weighted by Gasteiger charge is -2.40. The van der Waals surface area contributed by atoms with Gasteiger partial charge in [0.25, 0.3) is 23.6 Å². The zero-order chi connectivity index (χ0) is 59.4. The summed E-state index contributed by atoms with van der Waals surface area (Å²) in [5.41, 5.74) is 16.5. The van der Waals surface area contributed by atoms with Gasteiger partial charge in [-0.1, -0.05) is 24.3 Å². The van der Waals surface area contributed by atoms with Crippen molar-refractivity contribution in [3.8, 4) is 0 Å². The molecule has 2 aromatic carbocycles. The molecule has 0 unspecified atom stereocenters. The maximum atomic E-state index is 13.1. The number of halogens is 3. The predicted octanol–water partition coefficient (Wildman–Crippen LogP) is 7.48. The van der Waals surface area contributed by atoms with E-state index in [0.29, 0.717) is 84.6 Å². The molecule has 25 heteroatoms. The van der Waals surface area contributed by atoms with Gasteiger partial charge in [0.1, 0.15) is 11.6 Å². The number of hydrogen-bond acceptors (Lipinski definition) is 16. The molecule has 6 aromatic rings. The lowest BCUT2D eigenvalue weighted by Crippen LogP contribution is -2.54. The van der Waals surface area contributed by atoms with Crippen molar-refractivity contribution >= 4 is 58.3 Å². The molecule has 450 valence electrons. The number of primary amides is 2. The summed E-state index contributed by atoms with van der Waals surface area (Å²) in [4.78, 5) is 74.4. The number of piperidine rings is 4. The van der Waals surface area contributed by atoms with Crippen molar-refractivity contribution in [2.75, 3.05) is 66.2 Å². The number of nitrogens with one attached hydrogen (secondary N) is 5. The van der Waals surface area contributed by atoms with Crippen molar-refractivity contribution in [2.24, 2.45) is 11.5 Å². The largest absolute Gasteiger partial charge is 0.401 e. The van der Waals surface area contributed by atoms with Gasteiger partial charge in [0.15, 0.2) is 23.0 Å². The third-order valence-corrected chi connectivity index (χ3v) is 17.4. The maximum Gasteiger partial charge on any atom is 0.401 e. The highest BCUT2D eigenvalue weighted by molar-refractivity contribution is 5.97. The van der Waals surface area contributed by atoms with E-state index in [0.717, 1.165) is 63.8 Å². The summed E-state index contributed by atoms with van der Waals surface area (Å²) in [6, 6.07) is 15.8. The molecule has 8 heterocycles. The van der Waals surface area contributed by atoms with Crippen LogP contribution in [0.4, 0.5) is 47.8 Å². The van der Waals surface area contributed by atoms with Crippen LogP contribution in [0.15, 0.2) is 85.7 Å². The molecule has 2 saturated carbocycles. The third kappa shape index (κ3) is 14.5. The van der Waals surface area contributed by atoms with E-state index in [1.165, 1.54) is 47.9 Å². The van der Waals surface area contributed by atoms with E-state index in [2.05, 4.69) is 75.6 Å². The minimum atomic E-state index is -4.22. The van der Waals surface area contributed by atoms with Crippen LogP contribution < -0.4 is 47.9 Å². The van der Waals surface area contributed by atoms with Crippen molar-refractivity contribution in [3.63, 3.8) is 0 Å². The van der Waals surface area contributed by atoms with Crippen LogP contribution in [0.1, 0.15) is 168 Å². The first kappa shape index (κ1) is 58.6. The molecule has 6 aliphatic rings. The number of aromatic nitrogens is 8. The molecule has 9 N–H and O–H groups in total. The standard InChI is InChI=1S/C31H38F3N9O2.C29H37N9O2/c1-19-25(39-30(45)22-8-6-21(7-9-22)20-4-5-20)3-2-12-42(19)26-16-36-27(28(35)44)29(40-26)38-23-15-37-43(17-23)24-10-13-41(14-11-24)18-31(32,33)34;1-18-24(35-29(40)21-8-6-20(7-9-21)19-4-5-19)3-2-14-37(18)25-16-32-26(27(30)39)28(36-25)34-22-15-33-38(17-22)23-10-12-31-13-11-23/h6-9,15-17,19-20,24-25H,2-5,10-14,18H2,1H3,(H2,35,44)(H,38,40)(H,39,45);6-9,15-19,23-24,31H,2-5,10-14H2,1H3,(H2,30,39)(H,34,36)(H,35,40)/t19-,25-;18-,24-/m11/s1. The van der Waals surface area contributed by atoms with E-state index in [-0.39, 0.29) is 59.2 Å². The summed E-state index contributed by atoms with van der Waals surface area (Å²) in [5, 5.41) is 25.1. The van der Waals surface area contributed by atoms with Gasteiger partial charge < -0.3 is 47.9 Å². The Labute approximate surface area is 491 Å². The highest BCUT2D eigenvalue weighted by atomic mass is 19.4. The van der Waals surface area contributed by atoms with Crippen LogP contribution in [-0.2, 0) is 0 Å². The van der Waals surface area contributed by atoms with E-state index in [1.807, 2.05) is 54.2 Å². The van der Waals surface area contributed by atoms with Crippen LogP contribution in [0.25, 0.3) is 0 Å². The maximum absolute atomic E-state index is 13.1. The van der Waals surface area contributed by atoms with E-state index in [1.54, 1.807) is 29.5 Å². The Morgan fingerprint density at radius 3 is 1.40 bits per heavy atom. The highest BCUT2D eigenvalue weighted by Crippen LogP contribution is 2.41. The minimum absolute atomic E-state index is 0.0207. The fourth-order valence-corrected chi connectivity index (χ4v) is 12.2. The van der Waals surface area contributed by atoms with Gasteiger partial charge in [-0.3, -0.25) is 33.4 Å². The summed E-state index contributed by atoms with van der Waals surface area (Å²) < 4.78 is 42.0. The van der Waals surface area contributed by atoms with Crippen molar-refractivity contribution in [3.05, 3.63) is 119 Å². The Kier molecular flexibility index (Phi) is 17.6. The number of nitrogens with zero attached hydrogens (tertiary/aromatic N) is 11. The van der Waals surface area contributed by atoms with Gasteiger partial charge in [0.2, 0.25) is 0 Å². The molecule has 4 atom stereocenters. The second-order valence-corrected chi connectivity index (χ2v) is 23.5. The first-order valence-electron chi connectivity index (χ1n) is 29.8. The van der Waals surface area contributed by atoms with Crippen molar-refractivity contribution < 1.29 is 32.3 Å². The topological polar surface area (TPSA) is 277 Å². The number of amides is 4. The number of rotatable bonds is 17. The first-order chi connectivity index (χ1) is 41.0. The Hall–Kier alpha value is -8.19. The Balaban J connectivity index is 0.000000178. The Morgan fingerprint density at radius 1 is 0.576 bits per heavy atom. The molecular formula is C60H75F3N18O4. The van der Waals surface area contributed by atoms with Gasteiger partial charge in [0, 0.05) is 73.9 Å². The zero-order valence-electron chi connectivity index (χ0n) is 48.0. The average Bonchev–Trinajstić information content (AvgIpc) is 4.49. The Bertz CT molecular complexity index is 3320. The lowest BCUT2D eigenvalue weighted by molar-refractivity contribution is -0.148. The van der Waals surface area contributed by atoms with Crippen molar-refractivity contribution in [1.29, 1.82) is 0 Å². The fraction of sp³-hybridized carbons (Fsp3) is 0.500. The van der Waals surface area contributed by atoms with Crippen LogP contribution in [0.5, 0.6) is 0 Å². The second-order valence-electron chi connectivity index (χ2n) is 23.5. The smallest absolute Gasteiger partial charge is 0.364 e. The summed E-state index contributed by atoms with van der Waals surface area (Å²) in [6.45, 7) is 7.25. The van der Waals surface area contributed by atoms with Crippen LogP contribution >= 0.6 is 0 Å². The van der Waals surface area contributed by atoms with Gasteiger partial charge in [-0.25, -0.2) is 19.9 Å². The van der Waals surface area contributed by atoms with Gasteiger partial charge >= 0.3 is 6.18 Å². The van der Waals surface area contributed by atoms with Crippen LogP contribution in [-0.4, -0.2) is 144 Å². The molecule has 4 amide bonds. The van der Waals surface area contributed by atoms with Crippen LogP contribution in [0.2, 0.25) is 0 Å². The van der Waals surface area contributed by atoms with Gasteiger partial charge in [-0.2, -0.15) is 23.4 Å². The normalized spacial score (nSPS) is 21.6. The minimum Gasteiger partial charge on any atom is -0.364 e. The van der Waals surface area contributed by atoms with E-state index >= 15 is 0 Å². The summed E-state index contributed by atoms with van der Waals surface area (Å²) >= 11 is 0. The quantitative estimate of drug-likeness (QED) is 0.0466. The van der Waals surface area contributed by atoms with Gasteiger partial charge in [-0.05, 0) is 151 Å². The van der Waals surface area contributed by atoms with E-state index in [4.69, 9.17) is 21.4 Å². The molecule has 4 aromatic heterocycles. The third-order valence-electron chi connectivity index (χ3n) is 17.4. The van der Waals surface area contributed by atoms with Gasteiger partial charge in [0.05, 0.1) is 54.8 Å². The number of nitrogens with two attached hydrogens (primary N) is 2. The number of carbonyl (C=O) groups excluding carboxylic acids is 4. The average molecular weight is 1170 g/mol. The molecule has 0 bridgehead atoms. The number of likely N-dealkylation sites (tertiary alicyclic amines) is 1. The van der Waals surface area contributed by atoms with Crippen molar-refractivity contribution in [2.45, 2.75) is 145 Å². The molecule has 22 nitrogen and oxygen atoms in total. The molecule has 12 rings (SSSR count). The van der Waals surface area contributed by atoms with E-state index in [9.17, 15) is 32.3 Å². The molecule has 4 saturated heterocycles. The molecule has 0 radical (unpaired) electrons. The highest BCUT2D eigenvalue weighted by Gasteiger charge is 2.36. The molecule has 85 heavy (non-hydrogen) atoms. The number of hydrogen-bond donors (Lipinski definition) is 7. The number of alkyl halides is 3. The molecule has 6 fully saturated rings.